The molecule has 1 aromatic heterocycles. The van der Waals surface area contributed by atoms with Gasteiger partial charge in [-0.15, -0.1) is 0 Å². The summed E-state index contributed by atoms with van der Waals surface area (Å²) in [4.78, 5) is 12.3. The molecule has 142 valence electrons. The van der Waals surface area contributed by atoms with Crippen LogP contribution >= 0.6 is 11.3 Å². The zero-order chi connectivity index (χ0) is 19.0. The zero-order valence-corrected chi connectivity index (χ0v) is 16.5. The molecule has 1 amide bonds. The van der Waals surface area contributed by atoms with Gasteiger partial charge in [-0.3, -0.25) is 4.79 Å². The number of aliphatic hydroxyl groups excluding tert-OH is 1. The molecule has 0 spiro atoms. The predicted octanol–water partition coefficient (Wildman–Crippen LogP) is 2.76. The monoisotopic (exact) mass is 395 g/mol. The van der Waals surface area contributed by atoms with Crippen molar-refractivity contribution in [2.75, 3.05) is 19.4 Å². The molecule has 2 N–H and O–H groups in total. The van der Waals surface area contributed by atoms with Gasteiger partial charge in [0.2, 0.25) is 5.91 Å². The molecule has 1 heterocycles. The molecule has 0 aliphatic carbocycles. The van der Waals surface area contributed by atoms with Crippen LogP contribution in [0.1, 0.15) is 36.3 Å². The maximum atomic E-state index is 12.0. The number of hydrogen-bond donors (Lipinski definition) is 2. The molecule has 2 rings (SSSR count). The first-order chi connectivity index (χ1) is 12.4. The van der Waals surface area contributed by atoms with Gasteiger partial charge >= 0.3 is 0 Å². The summed E-state index contributed by atoms with van der Waals surface area (Å²) in [5.74, 6) is 0.236. The number of sulfone groups is 1. The summed E-state index contributed by atoms with van der Waals surface area (Å²) in [5, 5.41) is 16.2. The first-order valence-electron chi connectivity index (χ1n) is 8.59. The van der Waals surface area contributed by atoms with Crippen molar-refractivity contribution in [3.8, 4) is 0 Å². The van der Waals surface area contributed by atoms with E-state index in [2.05, 4.69) is 16.8 Å². The molecule has 26 heavy (non-hydrogen) atoms. The van der Waals surface area contributed by atoms with Crippen molar-refractivity contribution in [2.45, 2.75) is 36.5 Å². The average Bonchev–Trinajstić information content (AvgIpc) is 3.13. The number of aryl methyl sites for hydroxylation is 1. The summed E-state index contributed by atoms with van der Waals surface area (Å²) >= 11 is 1.64. The number of amides is 1. The number of benzene rings is 1. The maximum absolute atomic E-state index is 12.0. The highest BCUT2D eigenvalue weighted by atomic mass is 32.2. The minimum Gasteiger partial charge on any atom is -0.396 e. The largest absolute Gasteiger partial charge is 0.396 e. The Morgan fingerprint density at radius 2 is 1.92 bits per heavy atom. The Labute approximate surface area is 159 Å². The molecule has 1 atom stereocenters. The molecular formula is C19H25NO4S2. The maximum Gasteiger partial charge on any atom is 0.220 e. The quantitative estimate of drug-likeness (QED) is 0.648. The van der Waals surface area contributed by atoms with E-state index in [0.717, 1.165) is 12.0 Å². The highest BCUT2D eigenvalue weighted by molar-refractivity contribution is 7.90. The van der Waals surface area contributed by atoms with Gasteiger partial charge in [-0.05, 0) is 65.3 Å². The summed E-state index contributed by atoms with van der Waals surface area (Å²) in [6.07, 6.45) is 3.60. The third kappa shape index (κ3) is 6.55. The van der Waals surface area contributed by atoms with Crippen molar-refractivity contribution < 1.29 is 18.3 Å². The molecule has 0 unspecified atom stereocenters. The van der Waals surface area contributed by atoms with Crippen molar-refractivity contribution >= 4 is 27.1 Å². The first-order valence-corrected chi connectivity index (χ1v) is 11.4. The number of carbonyl (C=O) groups excluding carboxylic acids is 1. The lowest BCUT2D eigenvalue weighted by Gasteiger charge is -2.15. The molecule has 0 saturated carbocycles. The lowest BCUT2D eigenvalue weighted by molar-refractivity contribution is -0.121. The molecule has 0 fully saturated rings. The number of aliphatic hydroxyl groups is 1. The highest BCUT2D eigenvalue weighted by Crippen LogP contribution is 2.24. The van der Waals surface area contributed by atoms with E-state index in [1.807, 2.05) is 5.38 Å². The molecule has 0 aliphatic heterocycles. The Morgan fingerprint density at radius 1 is 1.19 bits per heavy atom. The van der Waals surface area contributed by atoms with E-state index in [-0.39, 0.29) is 23.3 Å². The van der Waals surface area contributed by atoms with E-state index in [0.29, 0.717) is 25.8 Å². The van der Waals surface area contributed by atoms with Crippen LogP contribution in [-0.2, 0) is 21.1 Å². The lowest BCUT2D eigenvalue weighted by atomic mass is 9.95. The van der Waals surface area contributed by atoms with Gasteiger partial charge in [-0.25, -0.2) is 8.42 Å². The second-order valence-electron chi connectivity index (χ2n) is 6.32. The first kappa shape index (κ1) is 20.6. The van der Waals surface area contributed by atoms with Crippen LogP contribution in [0.15, 0.2) is 46.0 Å². The van der Waals surface area contributed by atoms with E-state index in [9.17, 15) is 18.3 Å². The number of hydrogen-bond acceptors (Lipinski definition) is 5. The van der Waals surface area contributed by atoms with Crippen LogP contribution in [-0.4, -0.2) is 38.8 Å². The number of carbonyl (C=O) groups is 1. The van der Waals surface area contributed by atoms with Crippen molar-refractivity contribution in [1.29, 1.82) is 0 Å². The zero-order valence-electron chi connectivity index (χ0n) is 14.8. The average molecular weight is 396 g/mol. The molecule has 0 saturated heterocycles. The Bertz CT molecular complexity index is 783. The van der Waals surface area contributed by atoms with Gasteiger partial charge in [0.15, 0.2) is 9.84 Å². The summed E-state index contributed by atoms with van der Waals surface area (Å²) in [6.45, 7) is 0.713. The Kier molecular flexibility index (Phi) is 7.81. The third-order valence-electron chi connectivity index (χ3n) is 4.30. The number of nitrogens with one attached hydrogen (secondary N) is 1. The minimum absolute atomic E-state index is 0.0229. The standard InChI is InChI=1S/C19H25NO4S2/c1-26(23,24)18-5-2-15(3-6-18)4-7-19(22)20-11-8-16(9-12-21)17-10-13-25-14-17/h2-3,5-6,10,13-14,16,21H,4,7-9,11-12H2,1H3,(H,20,22)/t16-/m0/s1. The number of rotatable bonds is 10. The summed E-state index contributed by atoms with van der Waals surface area (Å²) in [7, 11) is -3.19. The van der Waals surface area contributed by atoms with Gasteiger partial charge < -0.3 is 10.4 Å². The summed E-state index contributed by atoms with van der Waals surface area (Å²) in [5.41, 5.74) is 2.15. The highest BCUT2D eigenvalue weighted by Gasteiger charge is 2.12. The third-order valence-corrected chi connectivity index (χ3v) is 6.13. The fourth-order valence-corrected chi connectivity index (χ4v) is 4.15. The topological polar surface area (TPSA) is 83.5 Å². The van der Waals surface area contributed by atoms with Crippen LogP contribution in [0, 0.1) is 0 Å². The van der Waals surface area contributed by atoms with Crippen LogP contribution in [0.5, 0.6) is 0 Å². The molecule has 0 aliphatic rings. The van der Waals surface area contributed by atoms with Gasteiger partial charge in [0, 0.05) is 25.8 Å². The summed E-state index contributed by atoms with van der Waals surface area (Å²) in [6, 6.07) is 8.70. The van der Waals surface area contributed by atoms with Gasteiger partial charge in [-0.2, -0.15) is 11.3 Å². The van der Waals surface area contributed by atoms with Crippen LogP contribution in [0.3, 0.4) is 0 Å². The van der Waals surface area contributed by atoms with Crippen molar-refractivity contribution in [3.63, 3.8) is 0 Å². The van der Waals surface area contributed by atoms with E-state index in [1.165, 1.54) is 11.8 Å². The van der Waals surface area contributed by atoms with Crippen molar-refractivity contribution in [1.82, 2.24) is 5.32 Å². The van der Waals surface area contributed by atoms with E-state index in [4.69, 9.17) is 0 Å². The lowest BCUT2D eigenvalue weighted by Crippen LogP contribution is -2.26. The van der Waals surface area contributed by atoms with Gasteiger partial charge in [0.25, 0.3) is 0 Å². The molecular weight excluding hydrogens is 370 g/mol. The normalized spacial score (nSPS) is 12.7. The van der Waals surface area contributed by atoms with E-state index >= 15 is 0 Å². The number of thiophene rings is 1. The predicted molar refractivity (Wildman–Crippen MR) is 104 cm³/mol. The van der Waals surface area contributed by atoms with Gasteiger partial charge in [-0.1, -0.05) is 12.1 Å². The van der Waals surface area contributed by atoms with E-state index in [1.54, 1.807) is 35.6 Å². The molecule has 1 aromatic carbocycles. The smallest absolute Gasteiger partial charge is 0.220 e. The minimum atomic E-state index is -3.19. The molecule has 0 radical (unpaired) electrons. The second-order valence-corrected chi connectivity index (χ2v) is 9.12. The Balaban J connectivity index is 1.75. The van der Waals surface area contributed by atoms with Crippen molar-refractivity contribution in [3.05, 3.63) is 52.2 Å². The Morgan fingerprint density at radius 3 is 2.50 bits per heavy atom. The molecule has 7 heteroatoms. The molecule has 2 aromatic rings. The fourth-order valence-electron chi connectivity index (χ4n) is 2.78. The molecule has 5 nitrogen and oxygen atoms in total. The van der Waals surface area contributed by atoms with Gasteiger partial charge in [0.05, 0.1) is 4.90 Å². The van der Waals surface area contributed by atoms with Crippen molar-refractivity contribution in [2.24, 2.45) is 0 Å². The van der Waals surface area contributed by atoms with Crippen LogP contribution < -0.4 is 5.32 Å². The molecule has 0 bridgehead atoms. The SMILES string of the molecule is CS(=O)(=O)c1ccc(CCC(=O)NCC[C@@H](CCO)c2ccsc2)cc1. The van der Waals surface area contributed by atoms with E-state index < -0.39 is 9.84 Å². The summed E-state index contributed by atoms with van der Waals surface area (Å²) < 4.78 is 22.9. The van der Waals surface area contributed by atoms with Gasteiger partial charge in [0.1, 0.15) is 0 Å². The van der Waals surface area contributed by atoms with Crippen LogP contribution in [0.2, 0.25) is 0 Å². The van der Waals surface area contributed by atoms with Crippen LogP contribution in [0.4, 0.5) is 0 Å². The van der Waals surface area contributed by atoms with Crippen LogP contribution in [0.25, 0.3) is 0 Å². The Hall–Kier alpha value is -1.70. The fraction of sp³-hybridized carbons (Fsp3) is 0.421. The second kappa shape index (κ2) is 9.85.